The third-order valence-electron chi connectivity index (χ3n) is 1.58. The van der Waals surface area contributed by atoms with Crippen molar-refractivity contribution in [1.82, 2.24) is 0 Å². The van der Waals surface area contributed by atoms with Gasteiger partial charge in [-0.05, 0) is 0 Å². The van der Waals surface area contributed by atoms with Crippen molar-refractivity contribution in [3.05, 3.63) is 0 Å². The van der Waals surface area contributed by atoms with Crippen LogP contribution in [-0.2, 0) is 4.79 Å². The third-order valence-corrected chi connectivity index (χ3v) is 6.15. The lowest BCUT2D eigenvalue weighted by atomic mass is 10.3. The zero-order valence-corrected chi connectivity index (χ0v) is 10.7. The Morgan fingerprint density at radius 1 is 1.25 bits per heavy atom. The Morgan fingerprint density at radius 2 is 1.67 bits per heavy atom. The summed E-state index contributed by atoms with van der Waals surface area (Å²) in [6.45, 7) is 0. The van der Waals surface area contributed by atoms with Crippen molar-refractivity contribution in [2.45, 2.75) is 18.9 Å². The largest absolute Gasteiger partial charge is 0.295 e. The van der Waals surface area contributed by atoms with E-state index in [-0.39, 0.29) is 0 Å². The predicted molar refractivity (Wildman–Crippen MR) is 56.2 cm³/mol. The predicted octanol–water partition coefficient (Wildman–Crippen LogP) is 3.29. The van der Waals surface area contributed by atoms with Crippen LogP contribution in [0.5, 0.6) is 0 Å². The van der Waals surface area contributed by atoms with Crippen LogP contribution in [0.4, 0.5) is 0 Å². The van der Waals surface area contributed by atoms with Gasteiger partial charge in [0.25, 0.3) is 0 Å². The molecular weight excluding hydrogens is 333 g/mol. The van der Waals surface area contributed by atoms with E-state index in [1.165, 1.54) is 0 Å². The van der Waals surface area contributed by atoms with Gasteiger partial charge in [0.15, 0.2) is 13.9 Å². The fourth-order valence-corrected chi connectivity index (χ4v) is 3.13. The molecule has 1 aliphatic rings. The summed E-state index contributed by atoms with van der Waals surface area (Å²) in [4.78, 5) is 11.3. The molecule has 0 heterocycles. The van der Waals surface area contributed by atoms with Crippen molar-refractivity contribution in [2.75, 3.05) is 0 Å². The number of rotatable bonds is 0. The van der Waals surface area contributed by atoms with Gasteiger partial charge < -0.3 is 0 Å². The van der Waals surface area contributed by atoms with E-state index in [1.807, 2.05) is 0 Å². The van der Waals surface area contributed by atoms with Gasteiger partial charge in [-0.25, -0.2) is 0 Å². The molecule has 0 aliphatic heterocycles. The van der Waals surface area contributed by atoms with Gasteiger partial charge in [0.2, 0.25) is 0 Å². The first-order valence-corrected chi connectivity index (χ1v) is 5.61. The summed E-state index contributed by atoms with van der Waals surface area (Å²) in [5, 5.41) is -1.88. The number of hydrogen-bond acceptors (Lipinski definition) is 1. The number of alkyl halides is 6. The summed E-state index contributed by atoms with van der Waals surface area (Å²) in [5.74, 6) is -0.518. The summed E-state index contributed by atoms with van der Waals surface area (Å²) in [7, 11) is 0. The summed E-state index contributed by atoms with van der Waals surface area (Å²) in [5.41, 5.74) is 0. The molecule has 0 radical (unpaired) electrons. The lowest BCUT2D eigenvalue weighted by molar-refractivity contribution is -0.117. The Hall–Kier alpha value is 1.60. The Bertz CT molecular complexity index is 228. The number of carbonyl (C=O) groups is 1. The third kappa shape index (κ3) is 1.39. The maximum absolute atomic E-state index is 11.3. The van der Waals surface area contributed by atoms with E-state index in [4.69, 9.17) is 58.0 Å². The molecular formula is C5H2BrCl5O. The Labute approximate surface area is 103 Å². The van der Waals surface area contributed by atoms with Gasteiger partial charge in [-0.3, -0.25) is 4.79 Å². The van der Waals surface area contributed by atoms with Gasteiger partial charge in [0, 0.05) is 0 Å². The lowest BCUT2D eigenvalue weighted by Crippen LogP contribution is -2.38. The highest BCUT2D eigenvalue weighted by atomic mass is 79.9. The van der Waals surface area contributed by atoms with Crippen molar-refractivity contribution in [3.8, 4) is 0 Å². The standard InChI is InChI=1S/C5H2BrCl5O/c6-4(9)3(12)1(7)2(8)5(4,10)11/h1-2H. The molecule has 1 rings (SSSR count). The monoisotopic (exact) mass is 332 g/mol. The molecule has 0 aromatic carbocycles. The average molecular weight is 335 g/mol. The molecule has 0 bridgehead atoms. The SMILES string of the molecule is O=C1C(Cl)C(Cl)C(Cl)(Cl)C1(Cl)Br. The second-order valence-corrected chi connectivity index (χ2v) is 6.90. The highest BCUT2D eigenvalue weighted by Gasteiger charge is 2.66. The molecule has 7 heteroatoms. The highest BCUT2D eigenvalue weighted by molar-refractivity contribution is 9.11. The summed E-state index contributed by atoms with van der Waals surface area (Å²) in [6.07, 6.45) is 0. The first kappa shape index (κ1) is 11.7. The molecule has 1 nitrogen and oxygen atoms in total. The first-order chi connectivity index (χ1) is 5.23. The van der Waals surface area contributed by atoms with E-state index in [0.29, 0.717) is 0 Å². The number of hydrogen-bond donors (Lipinski definition) is 0. The highest BCUT2D eigenvalue weighted by Crippen LogP contribution is 2.56. The molecule has 0 N–H and O–H groups in total. The van der Waals surface area contributed by atoms with Crippen LogP contribution in [0.3, 0.4) is 0 Å². The van der Waals surface area contributed by atoms with Crippen molar-refractivity contribution in [1.29, 1.82) is 0 Å². The van der Waals surface area contributed by atoms with E-state index >= 15 is 0 Å². The van der Waals surface area contributed by atoms with E-state index in [0.717, 1.165) is 0 Å². The van der Waals surface area contributed by atoms with Crippen LogP contribution >= 0.6 is 73.9 Å². The Balaban J connectivity index is 3.14. The quantitative estimate of drug-likeness (QED) is 0.621. The van der Waals surface area contributed by atoms with Gasteiger partial charge in [-0.2, -0.15) is 0 Å². The summed E-state index contributed by atoms with van der Waals surface area (Å²) < 4.78 is -3.19. The molecule has 1 saturated carbocycles. The van der Waals surface area contributed by atoms with Crippen LogP contribution in [-0.4, -0.2) is 24.7 Å². The van der Waals surface area contributed by atoms with Crippen LogP contribution in [0.15, 0.2) is 0 Å². The van der Waals surface area contributed by atoms with Crippen LogP contribution in [0.1, 0.15) is 0 Å². The summed E-state index contributed by atoms with van der Waals surface area (Å²) >= 11 is 31.4. The molecule has 1 fully saturated rings. The normalized spacial score (nSPS) is 46.7. The van der Waals surface area contributed by atoms with E-state index in [2.05, 4.69) is 15.9 Å². The van der Waals surface area contributed by atoms with E-state index in [1.54, 1.807) is 0 Å². The van der Waals surface area contributed by atoms with E-state index < -0.39 is 24.7 Å². The smallest absolute Gasteiger partial charge is 0.193 e. The van der Waals surface area contributed by atoms with Crippen LogP contribution in [0.2, 0.25) is 0 Å². The van der Waals surface area contributed by atoms with Crippen molar-refractivity contribution in [2.24, 2.45) is 0 Å². The summed E-state index contributed by atoms with van der Waals surface area (Å²) in [6, 6.07) is 0. The molecule has 1 aliphatic carbocycles. The molecule has 3 unspecified atom stereocenters. The van der Waals surface area contributed by atoms with Gasteiger partial charge in [-0.15, -0.1) is 23.2 Å². The van der Waals surface area contributed by atoms with Crippen LogP contribution in [0.25, 0.3) is 0 Å². The zero-order chi connectivity index (χ0) is 9.73. The maximum Gasteiger partial charge on any atom is 0.193 e. The second kappa shape index (κ2) is 3.32. The number of carbonyl (C=O) groups excluding carboxylic acids is 1. The van der Waals surface area contributed by atoms with Gasteiger partial charge in [-0.1, -0.05) is 50.7 Å². The van der Waals surface area contributed by atoms with Crippen LogP contribution in [0, 0.1) is 0 Å². The minimum Gasteiger partial charge on any atom is -0.295 e. The second-order valence-electron chi connectivity index (χ2n) is 2.37. The minimum atomic E-state index is -1.60. The molecule has 12 heavy (non-hydrogen) atoms. The maximum atomic E-state index is 11.3. The number of ketones is 1. The molecule has 3 atom stereocenters. The number of Topliss-reactive ketones (excluding diaryl/α,β-unsaturated/α-hetero) is 1. The van der Waals surface area contributed by atoms with Crippen molar-refractivity contribution >= 4 is 79.7 Å². The Morgan fingerprint density at radius 3 is 1.75 bits per heavy atom. The fourth-order valence-electron chi connectivity index (χ4n) is 0.827. The molecule has 0 saturated heterocycles. The molecule has 70 valence electrons. The molecule has 0 aromatic rings. The molecule has 0 spiro atoms. The minimum absolute atomic E-state index is 0.518. The van der Waals surface area contributed by atoms with E-state index in [9.17, 15) is 4.79 Å². The zero-order valence-electron chi connectivity index (χ0n) is 5.33. The topological polar surface area (TPSA) is 17.1 Å². The van der Waals surface area contributed by atoms with Gasteiger partial charge in [0.1, 0.15) is 5.38 Å². The average Bonchev–Trinajstić information content (AvgIpc) is 2.05. The fraction of sp³-hybridized carbons (Fsp3) is 0.800. The van der Waals surface area contributed by atoms with Crippen molar-refractivity contribution in [3.63, 3.8) is 0 Å². The van der Waals surface area contributed by atoms with Crippen molar-refractivity contribution < 1.29 is 4.79 Å². The molecule has 0 aromatic heterocycles. The first-order valence-electron chi connectivity index (χ1n) is 2.81. The van der Waals surface area contributed by atoms with Gasteiger partial charge >= 0.3 is 0 Å². The van der Waals surface area contributed by atoms with Crippen LogP contribution < -0.4 is 0 Å². The Kier molecular flexibility index (Phi) is 3.23. The molecule has 0 amide bonds. The lowest BCUT2D eigenvalue weighted by Gasteiger charge is -2.25. The van der Waals surface area contributed by atoms with Gasteiger partial charge in [0.05, 0.1) is 5.38 Å². The number of halogens is 6.